The Bertz CT molecular complexity index is 431. The fourth-order valence-electron chi connectivity index (χ4n) is 2.41. The number of carbonyl (C=O) groups is 2. The van der Waals surface area contributed by atoms with Crippen LogP contribution in [0.3, 0.4) is 0 Å². The molecule has 6 heteroatoms. The van der Waals surface area contributed by atoms with Crippen molar-refractivity contribution in [3.8, 4) is 12.3 Å². The standard InChI is InChI=1S/C14H20N2O3S/c1-3-5-10(4-2)15-14(19)16-11(13(17)18)8-20-12(16)9-6-7-9/h1,9-12H,4-8H2,2H3,(H,15,19)(H,17,18). The topological polar surface area (TPSA) is 69.6 Å². The lowest BCUT2D eigenvalue weighted by Crippen LogP contribution is -2.52. The molecule has 1 aliphatic carbocycles. The molecule has 110 valence electrons. The van der Waals surface area contributed by atoms with Gasteiger partial charge < -0.3 is 10.4 Å². The van der Waals surface area contributed by atoms with Crippen molar-refractivity contribution in [3.05, 3.63) is 0 Å². The molecule has 1 saturated heterocycles. The average molecular weight is 296 g/mol. The SMILES string of the molecule is C#CCC(CC)NC(=O)N1C(C(=O)O)CSC1C1CC1. The number of amides is 2. The Morgan fingerprint density at radius 1 is 1.55 bits per heavy atom. The van der Waals surface area contributed by atoms with Gasteiger partial charge in [-0.25, -0.2) is 9.59 Å². The molecule has 2 fully saturated rings. The van der Waals surface area contributed by atoms with Crippen LogP contribution in [-0.4, -0.2) is 45.2 Å². The summed E-state index contributed by atoms with van der Waals surface area (Å²) in [5.41, 5.74) is 0. The second kappa shape index (κ2) is 6.40. The number of aliphatic carboxylic acids is 1. The molecule has 2 amide bonds. The number of terminal acetylenes is 1. The molecule has 2 aliphatic rings. The maximum atomic E-state index is 12.4. The summed E-state index contributed by atoms with van der Waals surface area (Å²) in [6.07, 6.45) is 8.65. The highest BCUT2D eigenvalue weighted by Crippen LogP contribution is 2.45. The van der Waals surface area contributed by atoms with E-state index in [1.54, 1.807) is 11.8 Å². The third-order valence-electron chi connectivity index (χ3n) is 3.76. The van der Waals surface area contributed by atoms with Gasteiger partial charge in [-0.3, -0.25) is 4.90 Å². The van der Waals surface area contributed by atoms with Gasteiger partial charge >= 0.3 is 12.0 Å². The lowest BCUT2D eigenvalue weighted by atomic mass is 10.1. The van der Waals surface area contributed by atoms with Crippen molar-refractivity contribution in [2.24, 2.45) is 5.92 Å². The fraction of sp³-hybridized carbons (Fsp3) is 0.714. The zero-order chi connectivity index (χ0) is 14.7. The average Bonchev–Trinajstić information content (AvgIpc) is 3.16. The van der Waals surface area contributed by atoms with Crippen LogP contribution in [0.2, 0.25) is 0 Å². The van der Waals surface area contributed by atoms with Crippen LogP contribution in [0.5, 0.6) is 0 Å². The van der Waals surface area contributed by atoms with E-state index in [0.29, 0.717) is 18.1 Å². The molecule has 1 saturated carbocycles. The van der Waals surface area contributed by atoms with E-state index in [2.05, 4.69) is 11.2 Å². The second-order valence-corrected chi connectivity index (χ2v) is 6.44. The van der Waals surface area contributed by atoms with E-state index >= 15 is 0 Å². The fourth-order valence-corrected chi connectivity index (χ4v) is 4.04. The maximum Gasteiger partial charge on any atom is 0.327 e. The van der Waals surface area contributed by atoms with Gasteiger partial charge in [0, 0.05) is 18.2 Å². The summed E-state index contributed by atoms with van der Waals surface area (Å²) in [5, 5.41) is 12.2. The third kappa shape index (κ3) is 3.21. The zero-order valence-corrected chi connectivity index (χ0v) is 12.4. The molecule has 0 aromatic heterocycles. The van der Waals surface area contributed by atoms with Crippen LogP contribution in [0.15, 0.2) is 0 Å². The number of rotatable bonds is 5. The Kier molecular flexibility index (Phi) is 4.81. The van der Waals surface area contributed by atoms with E-state index in [4.69, 9.17) is 6.42 Å². The number of nitrogens with one attached hydrogen (secondary N) is 1. The summed E-state index contributed by atoms with van der Waals surface area (Å²) in [7, 11) is 0. The summed E-state index contributed by atoms with van der Waals surface area (Å²) >= 11 is 1.58. The normalized spacial score (nSPS) is 26.9. The van der Waals surface area contributed by atoms with E-state index in [9.17, 15) is 14.7 Å². The smallest absolute Gasteiger partial charge is 0.327 e. The van der Waals surface area contributed by atoms with Gasteiger partial charge in [0.05, 0.1) is 5.37 Å². The highest BCUT2D eigenvalue weighted by atomic mass is 32.2. The Hall–Kier alpha value is -1.35. The summed E-state index contributed by atoms with van der Waals surface area (Å²) in [4.78, 5) is 25.3. The van der Waals surface area contributed by atoms with Gasteiger partial charge in [0.15, 0.2) is 0 Å². The van der Waals surface area contributed by atoms with Crippen molar-refractivity contribution < 1.29 is 14.7 Å². The molecule has 2 rings (SSSR count). The molecular weight excluding hydrogens is 276 g/mol. The molecule has 3 atom stereocenters. The van der Waals surface area contributed by atoms with Crippen LogP contribution in [0, 0.1) is 18.3 Å². The molecule has 0 bridgehead atoms. The van der Waals surface area contributed by atoms with Crippen LogP contribution in [0.4, 0.5) is 4.79 Å². The van der Waals surface area contributed by atoms with E-state index in [-0.39, 0.29) is 17.4 Å². The molecule has 1 aliphatic heterocycles. The summed E-state index contributed by atoms with van der Waals surface area (Å²) in [5.74, 6) is 2.53. The van der Waals surface area contributed by atoms with Gasteiger partial charge in [0.2, 0.25) is 0 Å². The number of carboxylic acid groups (broad SMARTS) is 1. The monoisotopic (exact) mass is 296 g/mol. The Labute approximate surface area is 123 Å². The minimum absolute atomic E-state index is 0.000517. The summed E-state index contributed by atoms with van der Waals surface area (Å²) in [6.45, 7) is 1.95. The Morgan fingerprint density at radius 2 is 2.25 bits per heavy atom. The molecule has 3 unspecified atom stereocenters. The number of nitrogens with zero attached hydrogens (tertiary/aromatic N) is 1. The maximum absolute atomic E-state index is 12.4. The second-order valence-electron chi connectivity index (χ2n) is 5.29. The lowest BCUT2D eigenvalue weighted by molar-refractivity contribution is -0.141. The number of hydrogen-bond donors (Lipinski definition) is 2. The van der Waals surface area contributed by atoms with Crippen molar-refractivity contribution >= 4 is 23.8 Å². The van der Waals surface area contributed by atoms with Crippen LogP contribution < -0.4 is 5.32 Å². The van der Waals surface area contributed by atoms with Crippen molar-refractivity contribution in [1.82, 2.24) is 10.2 Å². The van der Waals surface area contributed by atoms with Gasteiger partial charge in [-0.1, -0.05) is 6.92 Å². The first-order valence-corrected chi connectivity index (χ1v) is 8.00. The number of hydrogen-bond acceptors (Lipinski definition) is 3. The predicted molar refractivity (Wildman–Crippen MR) is 78.3 cm³/mol. The number of carbonyl (C=O) groups excluding carboxylic acids is 1. The van der Waals surface area contributed by atoms with Gasteiger partial charge in [-0.05, 0) is 25.2 Å². The number of urea groups is 1. The van der Waals surface area contributed by atoms with Crippen molar-refractivity contribution in [2.45, 2.75) is 50.1 Å². The van der Waals surface area contributed by atoms with Crippen molar-refractivity contribution in [1.29, 1.82) is 0 Å². The Morgan fingerprint density at radius 3 is 2.75 bits per heavy atom. The van der Waals surface area contributed by atoms with Crippen molar-refractivity contribution in [3.63, 3.8) is 0 Å². The zero-order valence-electron chi connectivity index (χ0n) is 11.5. The Balaban J connectivity index is 2.06. The molecule has 20 heavy (non-hydrogen) atoms. The highest BCUT2D eigenvalue weighted by molar-refractivity contribution is 8.00. The largest absolute Gasteiger partial charge is 0.480 e. The van der Waals surface area contributed by atoms with E-state index in [1.165, 1.54) is 4.90 Å². The van der Waals surface area contributed by atoms with Crippen LogP contribution >= 0.6 is 11.8 Å². The minimum Gasteiger partial charge on any atom is -0.480 e. The van der Waals surface area contributed by atoms with Crippen LogP contribution in [0.25, 0.3) is 0 Å². The summed E-state index contributed by atoms with van der Waals surface area (Å²) in [6, 6.07) is -1.11. The van der Waals surface area contributed by atoms with Gasteiger partial charge in [0.1, 0.15) is 6.04 Å². The van der Waals surface area contributed by atoms with Crippen molar-refractivity contribution in [2.75, 3.05) is 5.75 Å². The molecule has 0 spiro atoms. The van der Waals surface area contributed by atoms with Crippen LogP contribution in [-0.2, 0) is 4.79 Å². The third-order valence-corrected chi connectivity index (χ3v) is 5.23. The molecule has 0 aromatic rings. The predicted octanol–water partition coefficient (Wildman–Crippen LogP) is 1.74. The first-order chi connectivity index (χ1) is 9.58. The van der Waals surface area contributed by atoms with Gasteiger partial charge in [-0.2, -0.15) is 0 Å². The van der Waals surface area contributed by atoms with Gasteiger partial charge in [-0.15, -0.1) is 24.1 Å². The van der Waals surface area contributed by atoms with Crippen LogP contribution in [0.1, 0.15) is 32.6 Å². The van der Waals surface area contributed by atoms with E-state index < -0.39 is 12.0 Å². The van der Waals surface area contributed by atoms with Gasteiger partial charge in [0.25, 0.3) is 0 Å². The summed E-state index contributed by atoms with van der Waals surface area (Å²) < 4.78 is 0. The quantitative estimate of drug-likeness (QED) is 0.758. The first-order valence-electron chi connectivity index (χ1n) is 6.95. The van der Waals surface area contributed by atoms with E-state index in [1.807, 2.05) is 6.92 Å². The lowest BCUT2D eigenvalue weighted by Gasteiger charge is -2.29. The number of thioether (sulfide) groups is 1. The molecule has 1 heterocycles. The molecule has 2 N–H and O–H groups in total. The highest BCUT2D eigenvalue weighted by Gasteiger charge is 2.48. The number of carboxylic acids is 1. The van der Waals surface area contributed by atoms with E-state index in [0.717, 1.165) is 19.3 Å². The molecule has 0 aromatic carbocycles. The molecule has 0 radical (unpaired) electrons. The minimum atomic E-state index is -0.930. The molecule has 5 nitrogen and oxygen atoms in total. The first kappa shape index (κ1) is 15.0. The molecular formula is C14H20N2O3S.